The largest absolute Gasteiger partial charge is 0.353 e. The van der Waals surface area contributed by atoms with Crippen LogP contribution in [0.25, 0.3) is 0 Å². The van der Waals surface area contributed by atoms with Gasteiger partial charge in [0.2, 0.25) is 5.91 Å². The molecule has 0 fully saturated rings. The molecule has 2 atom stereocenters. The Labute approximate surface area is 113 Å². The lowest BCUT2D eigenvalue weighted by atomic mass is 9.76. The first-order chi connectivity index (χ1) is 8.18. The molecule has 0 spiro atoms. The van der Waals surface area contributed by atoms with E-state index in [1.54, 1.807) is 0 Å². The minimum atomic E-state index is 0.169. The average Bonchev–Trinajstić information content (AvgIpc) is 2.22. The number of hydrogen-bond donors (Lipinski definition) is 2. The number of nitrogens with two attached hydrogens (primary N) is 1. The van der Waals surface area contributed by atoms with Crippen LogP contribution in [0, 0.1) is 17.3 Å². The van der Waals surface area contributed by atoms with Crippen molar-refractivity contribution in [2.75, 3.05) is 6.54 Å². The summed E-state index contributed by atoms with van der Waals surface area (Å²) >= 11 is 0. The molecule has 0 aliphatic heterocycles. The molecule has 0 aliphatic rings. The molecule has 108 valence electrons. The van der Waals surface area contributed by atoms with Crippen LogP contribution < -0.4 is 11.1 Å². The van der Waals surface area contributed by atoms with Crippen LogP contribution in [0.3, 0.4) is 0 Å². The van der Waals surface area contributed by atoms with Gasteiger partial charge in [0.25, 0.3) is 0 Å². The molecule has 2 unspecified atom stereocenters. The van der Waals surface area contributed by atoms with Gasteiger partial charge in [-0.15, -0.1) is 0 Å². The maximum absolute atomic E-state index is 11.9. The zero-order chi connectivity index (χ0) is 14.3. The summed E-state index contributed by atoms with van der Waals surface area (Å²) in [6.07, 6.45) is 2.53. The fourth-order valence-electron chi connectivity index (χ4n) is 2.01. The Balaban J connectivity index is 4.16. The van der Waals surface area contributed by atoms with E-state index in [4.69, 9.17) is 5.73 Å². The molecule has 0 radical (unpaired) electrons. The van der Waals surface area contributed by atoms with Gasteiger partial charge >= 0.3 is 0 Å². The highest BCUT2D eigenvalue weighted by atomic mass is 16.1. The van der Waals surface area contributed by atoms with Crippen molar-refractivity contribution < 1.29 is 4.79 Å². The maximum Gasteiger partial charge on any atom is 0.220 e. The van der Waals surface area contributed by atoms with Gasteiger partial charge in [-0.2, -0.15) is 0 Å². The first-order valence-electron chi connectivity index (χ1n) is 7.18. The molecule has 0 aromatic carbocycles. The quantitative estimate of drug-likeness (QED) is 0.736. The third-order valence-electron chi connectivity index (χ3n) is 3.85. The van der Waals surface area contributed by atoms with E-state index < -0.39 is 0 Å². The van der Waals surface area contributed by atoms with Crippen molar-refractivity contribution >= 4 is 5.91 Å². The van der Waals surface area contributed by atoms with Crippen LogP contribution in [-0.4, -0.2) is 18.5 Å². The summed E-state index contributed by atoms with van der Waals surface area (Å²) in [7, 11) is 0. The molecule has 0 heterocycles. The predicted octanol–water partition coefficient (Wildman–Crippen LogP) is 2.94. The van der Waals surface area contributed by atoms with Crippen LogP contribution in [0.1, 0.15) is 60.8 Å². The number of carbonyl (C=O) groups excluding carboxylic acids is 1. The minimum Gasteiger partial charge on any atom is -0.353 e. The van der Waals surface area contributed by atoms with Crippen molar-refractivity contribution in [1.29, 1.82) is 0 Å². The fourth-order valence-corrected chi connectivity index (χ4v) is 2.01. The van der Waals surface area contributed by atoms with Crippen LogP contribution >= 0.6 is 0 Å². The molecule has 0 aromatic rings. The van der Waals surface area contributed by atoms with Crippen molar-refractivity contribution in [2.45, 2.75) is 66.8 Å². The number of carbonyl (C=O) groups is 1. The van der Waals surface area contributed by atoms with E-state index in [1.165, 1.54) is 0 Å². The summed E-state index contributed by atoms with van der Waals surface area (Å²) in [4.78, 5) is 11.9. The summed E-state index contributed by atoms with van der Waals surface area (Å²) < 4.78 is 0. The zero-order valence-electron chi connectivity index (χ0n) is 13.0. The maximum atomic E-state index is 11.9. The van der Waals surface area contributed by atoms with Crippen LogP contribution in [-0.2, 0) is 4.79 Å². The van der Waals surface area contributed by atoms with Gasteiger partial charge in [0.15, 0.2) is 0 Å². The highest BCUT2D eigenvalue weighted by Crippen LogP contribution is 2.32. The van der Waals surface area contributed by atoms with Gasteiger partial charge in [-0.1, -0.05) is 34.6 Å². The first-order valence-corrected chi connectivity index (χ1v) is 7.18. The summed E-state index contributed by atoms with van der Waals surface area (Å²) in [5, 5.41) is 3.06. The molecule has 3 heteroatoms. The van der Waals surface area contributed by atoms with Gasteiger partial charge in [-0.25, -0.2) is 0 Å². The number of nitrogens with one attached hydrogen (secondary N) is 1. The molecule has 3 nitrogen and oxygen atoms in total. The molecule has 0 aliphatic carbocycles. The molecule has 1 amide bonds. The number of amides is 1. The van der Waals surface area contributed by atoms with E-state index in [0.717, 1.165) is 12.8 Å². The SMILES string of the molecule is CC(C)C(C)NC(=O)CCC(CCN)C(C)(C)C. The Morgan fingerprint density at radius 1 is 1.17 bits per heavy atom. The second-order valence-electron chi connectivity index (χ2n) is 6.78. The Hall–Kier alpha value is -0.570. The molecule has 18 heavy (non-hydrogen) atoms. The molecule has 0 aromatic heterocycles. The van der Waals surface area contributed by atoms with Gasteiger partial charge in [0.1, 0.15) is 0 Å². The van der Waals surface area contributed by atoms with E-state index in [-0.39, 0.29) is 17.4 Å². The van der Waals surface area contributed by atoms with Crippen molar-refractivity contribution in [2.24, 2.45) is 23.0 Å². The van der Waals surface area contributed by atoms with Gasteiger partial charge in [0.05, 0.1) is 0 Å². The number of rotatable bonds is 7. The Kier molecular flexibility index (Phi) is 7.53. The lowest BCUT2D eigenvalue weighted by Gasteiger charge is -2.30. The summed E-state index contributed by atoms with van der Waals surface area (Å²) in [6, 6.07) is 0.250. The van der Waals surface area contributed by atoms with Crippen molar-refractivity contribution in [3.8, 4) is 0 Å². The minimum absolute atomic E-state index is 0.169. The fraction of sp³-hybridized carbons (Fsp3) is 0.933. The molecule has 0 rings (SSSR count). The summed E-state index contributed by atoms with van der Waals surface area (Å²) in [6.45, 7) is 13.7. The monoisotopic (exact) mass is 256 g/mol. The topological polar surface area (TPSA) is 55.1 Å². The Bertz CT molecular complexity index is 243. The molecule has 0 saturated heterocycles. The third kappa shape index (κ3) is 7.00. The van der Waals surface area contributed by atoms with Crippen molar-refractivity contribution in [3.05, 3.63) is 0 Å². The predicted molar refractivity (Wildman–Crippen MR) is 78.3 cm³/mol. The van der Waals surface area contributed by atoms with Crippen LogP contribution in [0.2, 0.25) is 0 Å². The molecule has 0 bridgehead atoms. The standard InChI is InChI=1S/C15H32N2O/c1-11(2)12(3)17-14(18)8-7-13(9-10-16)15(4,5)6/h11-13H,7-10,16H2,1-6H3,(H,17,18). The van der Waals surface area contributed by atoms with Crippen molar-refractivity contribution in [1.82, 2.24) is 5.32 Å². The highest BCUT2D eigenvalue weighted by Gasteiger charge is 2.24. The first kappa shape index (κ1) is 17.4. The van der Waals surface area contributed by atoms with E-state index in [1.807, 2.05) is 0 Å². The second-order valence-corrected chi connectivity index (χ2v) is 6.78. The van der Waals surface area contributed by atoms with Gasteiger partial charge in [-0.05, 0) is 43.6 Å². The van der Waals surface area contributed by atoms with Crippen molar-refractivity contribution in [3.63, 3.8) is 0 Å². The normalized spacial score (nSPS) is 15.6. The smallest absolute Gasteiger partial charge is 0.220 e. The van der Waals surface area contributed by atoms with E-state index in [0.29, 0.717) is 24.8 Å². The lowest BCUT2D eigenvalue weighted by molar-refractivity contribution is -0.122. The Morgan fingerprint density at radius 2 is 1.72 bits per heavy atom. The second kappa shape index (κ2) is 7.78. The molecule has 0 saturated carbocycles. The molecular weight excluding hydrogens is 224 g/mol. The van der Waals surface area contributed by atoms with E-state index >= 15 is 0 Å². The third-order valence-corrected chi connectivity index (χ3v) is 3.85. The lowest BCUT2D eigenvalue weighted by Crippen LogP contribution is -2.36. The average molecular weight is 256 g/mol. The van der Waals surface area contributed by atoms with Crippen LogP contribution in [0.4, 0.5) is 0 Å². The molecular formula is C15H32N2O. The highest BCUT2D eigenvalue weighted by molar-refractivity contribution is 5.76. The van der Waals surface area contributed by atoms with E-state index in [9.17, 15) is 4.79 Å². The zero-order valence-corrected chi connectivity index (χ0v) is 13.0. The van der Waals surface area contributed by atoms with Crippen LogP contribution in [0.5, 0.6) is 0 Å². The molecule has 3 N–H and O–H groups in total. The van der Waals surface area contributed by atoms with Gasteiger partial charge in [0, 0.05) is 12.5 Å². The Morgan fingerprint density at radius 3 is 2.11 bits per heavy atom. The van der Waals surface area contributed by atoms with E-state index in [2.05, 4.69) is 46.9 Å². The summed E-state index contributed by atoms with van der Waals surface area (Å²) in [5.41, 5.74) is 5.88. The van der Waals surface area contributed by atoms with Crippen LogP contribution in [0.15, 0.2) is 0 Å². The number of hydrogen-bond acceptors (Lipinski definition) is 2. The summed E-state index contributed by atoms with van der Waals surface area (Å²) in [5.74, 6) is 1.17. The van der Waals surface area contributed by atoms with Gasteiger partial charge < -0.3 is 11.1 Å². The van der Waals surface area contributed by atoms with Gasteiger partial charge in [-0.3, -0.25) is 4.79 Å².